The maximum Gasteiger partial charge on any atom is 0.303 e. The Morgan fingerprint density at radius 1 is 0.650 bits per heavy atom. The van der Waals surface area contributed by atoms with Gasteiger partial charge in [-0.25, -0.2) is 0 Å². The van der Waals surface area contributed by atoms with Gasteiger partial charge < -0.3 is 37.9 Å². The van der Waals surface area contributed by atoms with Crippen molar-refractivity contribution in [1.29, 1.82) is 0 Å². The number of allylic oxidation sites excluding steroid dienone is 2. The van der Waals surface area contributed by atoms with Gasteiger partial charge in [0.05, 0.1) is 13.2 Å². The molecule has 0 saturated carbocycles. The fourth-order valence-electron chi connectivity index (χ4n) is 3.33. The Kier molecular flexibility index (Phi) is 14.5. The summed E-state index contributed by atoms with van der Waals surface area (Å²) in [4.78, 5) is 46.1. The van der Waals surface area contributed by atoms with Gasteiger partial charge in [-0.15, -0.1) is 25.3 Å². The Morgan fingerprint density at radius 3 is 1.35 bits per heavy atom. The number of hydrogen-bond acceptors (Lipinski definition) is 14. The van der Waals surface area contributed by atoms with Crippen LogP contribution in [-0.4, -0.2) is 87.3 Å². The van der Waals surface area contributed by atoms with Crippen molar-refractivity contribution in [3.63, 3.8) is 0 Å². The van der Waals surface area contributed by atoms with Crippen LogP contribution in [0.15, 0.2) is 46.3 Å². The maximum absolute atomic E-state index is 11.3. The average Bonchev–Trinajstić information content (AvgIpc) is 2.88. The van der Waals surface area contributed by atoms with Crippen molar-refractivity contribution in [2.45, 2.75) is 64.7 Å². The van der Waals surface area contributed by atoms with Gasteiger partial charge in [0, 0.05) is 37.5 Å². The van der Waals surface area contributed by atoms with E-state index >= 15 is 0 Å². The molecule has 0 radical (unpaired) electrons. The SMILES string of the molecule is CC(=O)OCC1O[C@H](OC/C(S)=C/C=C(\S)CO[C@@H]2C=C[C@H](OC(C)=O)C(COC(C)=O)O2)C=C[C@@H]1OC(C)=O. The zero-order chi connectivity index (χ0) is 29.7. The first-order chi connectivity index (χ1) is 18.9. The molecule has 2 unspecified atom stereocenters. The molecule has 12 nitrogen and oxygen atoms in total. The number of hydrogen-bond donors (Lipinski definition) is 2. The van der Waals surface area contributed by atoms with Crippen LogP contribution in [0.25, 0.3) is 0 Å². The Hall–Kier alpha value is -2.62. The van der Waals surface area contributed by atoms with E-state index in [1.165, 1.54) is 27.7 Å². The third kappa shape index (κ3) is 13.2. The first-order valence-electron chi connectivity index (χ1n) is 12.2. The third-order valence-electron chi connectivity index (χ3n) is 5.03. The van der Waals surface area contributed by atoms with Gasteiger partial charge in [-0.2, -0.15) is 0 Å². The summed E-state index contributed by atoms with van der Waals surface area (Å²) in [6, 6.07) is 0. The van der Waals surface area contributed by atoms with E-state index in [0.29, 0.717) is 9.81 Å². The number of ether oxygens (including phenoxy) is 8. The van der Waals surface area contributed by atoms with E-state index in [4.69, 9.17) is 37.9 Å². The van der Waals surface area contributed by atoms with E-state index in [9.17, 15) is 19.2 Å². The highest BCUT2D eigenvalue weighted by atomic mass is 32.1. The lowest BCUT2D eigenvalue weighted by atomic mass is 10.1. The smallest absolute Gasteiger partial charge is 0.303 e. The van der Waals surface area contributed by atoms with Crippen LogP contribution < -0.4 is 0 Å². The van der Waals surface area contributed by atoms with Crippen molar-refractivity contribution in [3.05, 3.63) is 46.3 Å². The molecular weight excluding hydrogens is 568 g/mol. The Morgan fingerprint density at radius 2 is 1.02 bits per heavy atom. The van der Waals surface area contributed by atoms with Crippen molar-refractivity contribution < 1.29 is 57.1 Å². The van der Waals surface area contributed by atoms with Crippen LogP contribution in [0.5, 0.6) is 0 Å². The lowest BCUT2D eigenvalue weighted by molar-refractivity contribution is -0.194. The van der Waals surface area contributed by atoms with Crippen LogP contribution in [-0.2, 0) is 57.1 Å². The average molecular weight is 603 g/mol. The van der Waals surface area contributed by atoms with E-state index in [0.717, 1.165) is 0 Å². The molecule has 222 valence electrons. The molecule has 2 heterocycles. The molecule has 0 aromatic carbocycles. The summed E-state index contributed by atoms with van der Waals surface area (Å²) >= 11 is 8.79. The van der Waals surface area contributed by atoms with Crippen molar-refractivity contribution >= 4 is 49.1 Å². The summed E-state index contributed by atoms with van der Waals surface area (Å²) in [6.45, 7) is 5.02. The van der Waals surface area contributed by atoms with Gasteiger partial charge in [0.15, 0.2) is 12.6 Å². The summed E-state index contributed by atoms with van der Waals surface area (Å²) < 4.78 is 43.2. The second kappa shape index (κ2) is 17.3. The van der Waals surface area contributed by atoms with Gasteiger partial charge in [0.2, 0.25) is 0 Å². The molecule has 0 amide bonds. The minimum atomic E-state index is -0.781. The van der Waals surface area contributed by atoms with Gasteiger partial charge in [-0.1, -0.05) is 0 Å². The van der Waals surface area contributed by atoms with Crippen LogP contribution in [0, 0.1) is 0 Å². The van der Waals surface area contributed by atoms with Gasteiger partial charge in [0.25, 0.3) is 0 Å². The van der Waals surface area contributed by atoms with Crippen LogP contribution in [0.1, 0.15) is 27.7 Å². The van der Waals surface area contributed by atoms with E-state index in [2.05, 4.69) is 25.3 Å². The summed E-state index contributed by atoms with van der Waals surface area (Å²) in [6.07, 6.45) is 5.27. The van der Waals surface area contributed by atoms with Crippen molar-refractivity contribution in [2.24, 2.45) is 0 Å². The fraction of sp³-hybridized carbons (Fsp3) is 0.538. The number of carbonyl (C=O) groups excluding carboxylic acids is 4. The normalized spacial score (nSPS) is 26.6. The molecule has 0 spiro atoms. The molecule has 0 aromatic rings. The Balaban J connectivity index is 1.86. The molecule has 2 aliphatic heterocycles. The van der Waals surface area contributed by atoms with Gasteiger partial charge >= 0.3 is 23.9 Å². The van der Waals surface area contributed by atoms with Crippen molar-refractivity contribution in [2.75, 3.05) is 26.4 Å². The van der Waals surface area contributed by atoms with E-state index < -0.39 is 60.9 Å². The van der Waals surface area contributed by atoms with Crippen molar-refractivity contribution in [1.82, 2.24) is 0 Å². The van der Waals surface area contributed by atoms with E-state index in [1.54, 1.807) is 36.5 Å². The van der Waals surface area contributed by atoms with Crippen LogP contribution in [0.4, 0.5) is 0 Å². The molecule has 0 fully saturated rings. The van der Waals surface area contributed by atoms with Gasteiger partial charge in [0.1, 0.15) is 37.6 Å². The minimum Gasteiger partial charge on any atom is -0.463 e. The summed E-state index contributed by atoms with van der Waals surface area (Å²) in [5.41, 5.74) is 0. The largest absolute Gasteiger partial charge is 0.463 e. The van der Waals surface area contributed by atoms with Crippen LogP contribution in [0.2, 0.25) is 0 Å². The molecule has 0 aromatic heterocycles. The maximum atomic E-state index is 11.3. The number of carbonyl (C=O) groups is 4. The molecule has 40 heavy (non-hydrogen) atoms. The Bertz CT molecular complexity index is 941. The first-order valence-corrected chi connectivity index (χ1v) is 13.1. The number of rotatable bonds is 13. The molecular formula is C26H34O12S2. The zero-order valence-electron chi connectivity index (χ0n) is 22.6. The van der Waals surface area contributed by atoms with Gasteiger partial charge in [-0.3, -0.25) is 19.2 Å². The zero-order valence-corrected chi connectivity index (χ0v) is 24.3. The summed E-state index contributed by atoms with van der Waals surface area (Å²) in [7, 11) is 0. The fourth-order valence-corrected chi connectivity index (χ4v) is 3.63. The monoisotopic (exact) mass is 602 g/mol. The third-order valence-corrected chi connectivity index (χ3v) is 5.59. The molecule has 6 atom stereocenters. The lowest BCUT2D eigenvalue weighted by Gasteiger charge is -2.31. The van der Waals surface area contributed by atoms with Gasteiger partial charge in [-0.05, 0) is 36.5 Å². The highest BCUT2D eigenvalue weighted by molar-refractivity contribution is 7.84. The topological polar surface area (TPSA) is 142 Å². The minimum absolute atomic E-state index is 0.0822. The molecule has 2 rings (SSSR count). The molecule has 14 heteroatoms. The first kappa shape index (κ1) is 33.6. The van der Waals surface area contributed by atoms with Crippen LogP contribution >= 0.6 is 25.3 Å². The summed E-state index contributed by atoms with van der Waals surface area (Å²) in [5.74, 6) is -1.97. The number of esters is 4. The van der Waals surface area contributed by atoms with E-state index in [-0.39, 0.29) is 26.4 Å². The highest BCUT2D eigenvalue weighted by Gasteiger charge is 2.32. The predicted molar refractivity (Wildman–Crippen MR) is 146 cm³/mol. The Labute approximate surface area is 243 Å². The van der Waals surface area contributed by atoms with E-state index in [1.807, 2.05) is 0 Å². The highest BCUT2D eigenvalue weighted by Crippen LogP contribution is 2.21. The summed E-state index contributed by atoms with van der Waals surface area (Å²) in [5, 5.41) is 0. The molecule has 0 bridgehead atoms. The quantitative estimate of drug-likeness (QED) is 0.105. The second-order valence-electron chi connectivity index (χ2n) is 8.55. The standard InChI is InChI=1S/C26H34O12S2/c1-15(27)31-13-23-21(35-17(3)29)7-9-25(37-23)33-11-19(39)5-6-20(40)12-34-26-10-8-22(36-18(4)30)24(38-26)14-32-16(2)28/h5-10,21-26,39-40H,11-14H2,1-4H3/b19-5-,20-6-/t21-,22-,23?,24?,25-,26-/m0/s1. The van der Waals surface area contributed by atoms with Crippen molar-refractivity contribution in [3.8, 4) is 0 Å². The number of thiol groups is 2. The predicted octanol–water partition coefficient (Wildman–Crippen LogP) is 2.20. The molecule has 0 saturated heterocycles. The second-order valence-corrected chi connectivity index (χ2v) is 9.70. The molecule has 0 aliphatic carbocycles. The molecule has 2 aliphatic rings. The molecule has 0 N–H and O–H groups in total. The lowest BCUT2D eigenvalue weighted by Crippen LogP contribution is -2.42. The van der Waals surface area contributed by atoms with Crippen LogP contribution in [0.3, 0.4) is 0 Å².